The highest BCUT2D eigenvalue weighted by Crippen LogP contribution is 2.34. The molecule has 0 aliphatic carbocycles. The van der Waals surface area contributed by atoms with Crippen LogP contribution in [-0.2, 0) is 4.79 Å². The number of fused-ring (bicyclic) bond motifs is 1. The van der Waals surface area contributed by atoms with Crippen molar-refractivity contribution in [3.8, 4) is 22.8 Å². The summed E-state index contributed by atoms with van der Waals surface area (Å²) in [6.45, 7) is 5.41. The third-order valence-corrected chi connectivity index (χ3v) is 6.21. The number of hydrogen-bond donors (Lipinski definition) is 0. The Kier molecular flexibility index (Phi) is 5.71. The second kappa shape index (κ2) is 8.39. The molecular formula is C21H25N3O3S. The topological polar surface area (TPSA) is 64.6 Å². The summed E-state index contributed by atoms with van der Waals surface area (Å²) in [5.41, 5.74) is 1.70. The van der Waals surface area contributed by atoms with E-state index in [1.54, 1.807) is 0 Å². The Hall–Kier alpha value is -2.28. The first-order valence-electron chi connectivity index (χ1n) is 9.79. The van der Waals surface area contributed by atoms with Crippen LogP contribution in [0.1, 0.15) is 33.1 Å². The SMILES string of the molecule is C[C@@H]1CCC[C@H](C)N1C(=O)CSc1ccc(-c2ccc3c(c2)OCCO3)nn1. The predicted molar refractivity (Wildman–Crippen MR) is 109 cm³/mol. The van der Waals surface area contributed by atoms with Crippen LogP contribution in [0.4, 0.5) is 0 Å². The zero-order valence-electron chi connectivity index (χ0n) is 16.3. The van der Waals surface area contributed by atoms with Crippen LogP contribution in [0.2, 0.25) is 0 Å². The second-order valence-corrected chi connectivity index (χ2v) is 8.33. The molecule has 0 unspecified atom stereocenters. The van der Waals surface area contributed by atoms with Gasteiger partial charge in [-0.2, -0.15) is 0 Å². The summed E-state index contributed by atoms with van der Waals surface area (Å²) in [5.74, 6) is 2.07. The first-order chi connectivity index (χ1) is 13.6. The van der Waals surface area contributed by atoms with Gasteiger partial charge in [-0.3, -0.25) is 4.79 Å². The lowest BCUT2D eigenvalue weighted by Gasteiger charge is -2.39. The van der Waals surface area contributed by atoms with Gasteiger partial charge in [0.1, 0.15) is 18.2 Å². The fourth-order valence-electron chi connectivity index (χ4n) is 3.88. The number of rotatable bonds is 4. The maximum Gasteiger partial charge on any atom is 0.233 e. The van der Waals surface area contributed by atoms with Gasteiger partial charge in [0.25, 0.3) is 0 Å². The number of hydrogen-bond acceptors (Lipinski definition) is 6. The highest BCUT2D eigenvalue weighted by molar-refractivity contribution is 7.99. The van der Waals surface area contributed by atoms with Crippen molar-refractivity contribution in [2.24, 2.45) is 0 Å². The van der Waals surface area contributed by atoms with Crippen molar-refractivity contribution in [2.75, 3.05) is 19.0 Å². The molecule has 2 aliphatic rings. The van der Waals surface area contributed by atoms with Crippen molar-refractivity contribution in [2.45, 2.75) is 50.2 Å². The molecule has 1 aromatic carbocycles. The summed E-state index contributed by atoms with van der Waals surface area (Å²) in [6.07, 6.45) is 3.38. The molecule has 4 rings (SSSR count). The van der Waals surface area contributed by atoms with Crippen LogP contribution in [0.25, 0.3) is 11.3 Å². The van der Waals surface area contributed by atoms with Gasteiger partial charge in [0.15, 0.2) is 11.5 Å². The lowest BCUT2D eigenvalue weighted by Crippen LogP contribution is -2.48. The van der Waals surface area contributed by atoms with Crippen LogP contribution in [0, 0.1) is 0 Å². The minimum atomic E-state index is 0.183. The first kappa shape index (κ1) is 19.1. The number of piperidine rings is 1. The molecule has 1 aromatic heterocycles. The monoisotopic (exact) mass is 399 g/mol. The Morgan fingerprint density at radius 2 is 1.82 bits per heavy atom. The molecule has 0 spiro atoms. The highest BCUT2D eigenvalue weighted by atomic mass is 32.2. The fraction of sp³-hybridized carbons (Fsp3) is 0.476. The molecule has 148 valence electrons. The molecule has 1 saturated heterocycles. The number of nitrogens with zero attached hydrogens (tertiary/aromatic N) is 3. The normalized spacial score (nSPS) is 21.4. The van der Waals surface area contributed by atoms with Crippen LogP contribution in [0.3, 0.4) is 0 Å². The van der Waals surface area contributed by atoms with E-state index in [2.05, 4.69) is 24.0 Å². The molecule has 2 aromatic rings. The molecule has 1 fully saturated rings. The lowest BCUT2D eigenvalue weighted by atomic mass is 9.98. The zero-order chi connectivity index (χ0) is 19.5. The van der Waals surface area contributed by atoms with E-state index in [1.807, 2.05) is 35.2 Å². The van der Waals surface area contributed by atoms with Crippen LogP contribution < -0.4 is 9.47 Å². The van der Waals surface area contributed by atoms with Crippen molar-refractivity contribution in [1.82, 2.24) is 15.1 Å². The van der Waals surface area contributed by atoms with E-state index in [0.29, 0.717) is 31.1 Å². The van der Waals surface area contributed by atoms with Crippen LogP contribution in [0.15, 0.2) is 35.4 Å². The standard InChI is InChI=1S/C21H25N3O3S/c1-14-4-3-5-15(2)24(14)21(25)13-28-20-9-7-17(22-23-20)16-6-8-18-19(12-16)27-11-10-26-18/h6-9,12,14-15H,3-5,10-11,13H2,1-2H3/t14-,15+. The van der Waals surface area contributed by atoms with Gasteiger partial charge in [0, 0.05) is 17.6 Å². The second-order valence-electron chi connectivity index (χ2n) is 7.33. The quantitative estimate of drug-likeness (QED) is 0.729. The van der Waals surface area contributed by atoms with Crippen molar-refractivity contribution in [3.05, 3.63) is 30.3 Å². The van der Waals surface area contributed by atoms with E-state index in [0.717, 1.165) is 40.6 Å². The maximum atomic E-state index is 12.6. The summed E-state index contributed by atoms with van der Waals surface area (Å²) >= 11 is 1.44. The van der Waals surface area contributed by atoms with E-state index in [-0.39, 0.29) is 5.91 Å². The van der Waals surface area contributed by atoms with Crippen molar-refractivity contribution in [3.63, 3.8) is 0 Å². The molecule has 0 radical (unpaired) electrons. The van der Waals surface area contributed by atoms with Crippen molar-refractivity contribution in [1.29, 1.82) is 0 Å². The van der Waals surface area contributed by atoms with Crippen LogP contribution in [0.5, 0.6) is 11.5 Å². The van der Waals surface area contributed by atoms with Gasteiger partial charge in [0.05, 0.1) is 11.4 Å². The van der Waals surface area contributed by atoms with Crippen LogP contribution >= 0.6 is 11.8 Å². The van der Waals surface area contributed by atoms with Gasteiger partial charge in [-0.15, -0.1) is 10.2 Å². The highest BCUT2D eigenvalue weighted by Gasteiger charge is 2.28. The lowest BCUT2D eigenvalue weighted by molar-refractivity contribution is -0.134. The smallest absolute Gasteiger partial charge is 0.233 e. The summed E-state index contributed by atoms with van der Waals surface area (Å²) < 4.78 is 11.2. The molecule has 0 N–H and O–H groups in total. The summed E-state index contributed by atoms with van der Waals surface area (Å²) in [5, 5.41) is 9.37. The Morgan fingerprint density at radius 1 is 1.07 bits per heavy atom. The molecule has 2 aliphatic heterocycles. The third-order valence-electron chi connectivity index (χ3n) is 5.30. The average molecular weight is 400 g/mol. The zero-order valence-corrected chi connectivity index (χ0v) is 17.1. The van der Waals surface area contributed by atoms with Gasteiger partial charge >= 0.3 is 0 Å². The molecule has 7 heteroatoms. The van der Waals surface area contributed by atoms with E-state index >= 15 is 0 Å². The number of amides is 1. The summed E-state index contributed by atoms with van der Waals surface area (Å²) in [6, 6.07) is 10.3. The van der Waals surface area contributed by atoms with E-state index < -0.39 is 0 Å². The molecule has 1 amide bonds. The molecule has 6 nitrogen and oxygen atoms in total. The van der Waals surface area contributed by atoms with Crippen molar-refractivity contribution >= 4 is 17.7 Å². The van der Waals surface area contributed by atoms with Gasteiger partial charge in [-0.05, 0) is 63.4 Å². The van der Waals surface area contributed by atoms with Gasteiger partial charge in [-0.1, -0.05) is 11.8 Å². The molecule has 3 heterocycles. The summed E-state index contributed by atoms with van der Waals surface area (Å²) in [4.78, 5) is 14.7. The summed E-state index contributed by atoms with van der Waals surface area (Å²) in [7, 11) is 0. The maximum absolute atomic E-state index is 12.6. The van der Waals surface area contributed by atoms with E-state index in [4.69, 9.17) is 9.47 Å². The van der Waals surface area contributed by atoms with E-state index in [9.17, 15) is 4.79 Å². The predicted octanol–water partition coefficient (Wildman–Crippen LogP) is 3.80. The number of benzene rings is 1. The Morgan fingerprint density at radius 3 is 2.54 bits per heavy atom. The number of carbonyl (C=O) groups is 1. The van der Waals surface area contributed by atoms with Gasteiger partial charge < -0.3 is 14.4 Å². The number of ether oxygens (including phenoxy) is 2. The molecule has 0 bridgehead atoms. The Bertz CT molecular complexity index is 833. The molecule has 28 heavy (non-hydrogen) atoms. The average Bonchev–Trinajstić information content (AvgIpc) is 2.72. The van der Waals surface area contributed by atoms with E-state index in [1.165, 1.54) is 18.2 Å². The number of aromatic nitrogens is 2. The number of likely N-dealkylation sites (tertiary alicyclic amines) is 1. The molecule has 2 atom stereocenters. The number of carbonyl (C=O) groups excluding carboxylic acids is 1. The minimum Gasteiger partial charge on any atom is -0.486 e. The first-order valence-corrected chi connectivity index (χ1v) is 10.8. The third kappa shape index (κ3) is 4.09. The van der Waals surface area contributed by atoms with Crippen LogP contribution in [-0.4, -0.2) is 52.1 Å². The Balaban J connectivity index is 1.39. The van der Waals surface area contributed by atoms with Gasteiger partial charge in [0.2, 0.25) is 5.91 Å². The molecule has 0 saturated carbocycles. The largest absolute Gasteiger partial charge is 0.486 e. The van der Waals surface area contributed by atoms with Gasteiger partial charge in [-0.25, -0.2) is 0 Å². The number of thioether (sulfide) groups is 1. The van der Waals surface area contributed by atoms with Crippen molar-refractivity contribution < 1.29 is 14.3 Å². The molecular weight excluding hydrogens is 374 g/mol. The minimum absolute atomic E-state index is 0.183. The fourth-order valence-corrected chi connectivity index (χ4v) is 4.56. The Labute approximate surface area is 169 Å².